The van der Waals surface area contributed by atoms with Crippen LogP contribution in [0.25, 0.3) is 21.5 Å². The van der Waals surface area contributed by atoms with Gasteiger partial charge in [0.05, 0.1) is 22.7 Å². The molecule has 6 nitrogen and oxygen atoms in total. The summed E-state index contributed by atoms with van der Waals surface area (Å²) in [5, 5.41) is 5.56. The van der Waals surface area contributed by atoms with Crippen molar-refractivity contribution in [3.8, 4) is 11.3 Å². The van der Waals surface area contributed by atoms with Gasteiger partial charge in [-0.05, 0) is 37.3 Å². The third-order valence-electron chi connectivity index (χ3n) is 6.15. The highest BCUT2D eigenvalue weighted by atomic mass is 32.2. The lowest BCUT2D eigenvalue weighted by Gasteiger charge is -2.34. The minimum Gasteiger partial charge on any atom is -0.464 e. The van der Waals surface area contributed by atoms with E-state index in [1.807, 2.05) is 18.4 Å². The van der Waals surface area contributed by atoms with Crippen LogP contribution in [0.5, 0.6) is 0 Å². The Balaban J connectivity index is 1.42. The first-order valence-electron chi connectivity index (χ1n) is 10.4. The summed E-state index contributed by atoms with van der Waals surface area (Å²) in [7, 11) is 0. The Morgan fingerprint density at radius 2 is 2.27 bits per heavy atom. The minimum atomic E-state index is -0.176. The maximum absolute atomic E-state index is 12.7. The fraction of sp³-hybridized carbons (Fsp3) is 0.500. The van der Waals surface area contributed by atoms with Gasteiger partial charge in [-0.1, -0.05) is 26.7 Å². The number of carbonyl (C=O) groups excluding carboxylic acids is 1. The monoisotopic (exact) mass is 445 g/mol. The molecule has 3 aromatic rings. The first-order chi connectivity index (χ1) is 14.4. The quantitative estimate of drug-likeness (QED) is 0.559. The fourth-order valence-corrected chi connectivity index (χ4v) is 5.77. The zero-order valence-electron chi connectivity index (χ0n) is 17.4. The van der Waals surface area contributed by atoms with E-state index in [0.717, 1.165) is 12.0 Å². The zero-order valence-corrected chi connectivity index (χ0v) is 19.1. The molecule has 0 radical (unpaired) electrons. The molecule has 1 saturated carbocycles. The van der Waals surface area contributed by atoms with Crippen molar-refractivity contribution in [1.82, 2.24) is 15.3 Å². The molecule has 2 N–H and O–H groups in total. The normalized spacial score (nSPS) is 22.8. The van der Waals surface area contributed by atoms with Gasteiger partial charge in [0.2, 0.25) is 5.91 Å². The molecule has 1 fully saturated rings. The van der Waals surface area contributed by atoms with E-state index in [1.165, 1.54) is 35.9 Å². The fourth-order valence-electron chi connectivity index (χ4n) is 4.09. The van der Waals surface area contributed by atoms with Crippen LogP contribution in [0.2, 0.25) is 0 Å². The molecule has 0 saturated heterocycles. The first-order valence-corrected chi connectivity index (χ1v) is 12.3. The predicted molar refractivity (Wildman–Crippen MR) is 123 cm³/mol. The standard InChI is InChI=1S/C22H27N3O3S2/c1-12-6-4-7-16(13(12)2)23-18(26)11-29-14(3)20-24-21(27)19-15(10-30-22(19)25-20)17-8-5-9-28-17/h5,8-10,12-14,16H,4,6-7,11H2,1-3H3,(H,23,26)(H,24,25,27). The van der Waals surface area contributed by atoms with Gasteiger partial charge in [0.1, 0.15) is 16.4 Å². The number of amides is 1. The van der Waals surface area contributed by atoms with Gasteiger partial charge in [-0.15, -0.1) is 23.1 Å². The van der Waals surface area contributed by atoms with Crippen molar-refractivity contribution in [2.24, 2.45) is 11.8 Å². The van der Waals surface area contributed by atoms with Crippen LogP contribution in [0, 0.1) is 11.8 Å². The minimum absolute atomic E-state index is 0.0532. The van der Waals surface area contributed by atoms with Crippen molar-refractivity contribution in [2.75, 3.05) is 5.75 Å². The first kappa shape index (κ1) is 21.2. The number of hydrogen-bond acceptors (Lipinski definition) is 6. The van der Waals surface area contributed by atoms with E-state index in [9.17, 15) is 9.59 Å². The van der Waals surface area contributed by atoms with Crippen molar-refractivity contribution < 1.29 is 9.21 Å². The maximum atomic E-state index is 12.7. The Bertz CT molecular complexity index is 1070. The second-order valence-corrected chi connectivity index (χ2v) is 10.3. The summed E-state index contributed by atoms with van der Waals surface area (Å²) in [4.78, 5) is 33.4. The summed E-state index contributed by atoms with van der Waals surface area (Å²) in [6.07, 6.45) is 5.06. The summed E-state index contributed by atoms with van der Waals surface area (Å²) < 4.78 is 5.44. The Kier molecular flexibility index (Phi) is 6.34. The Morgan fingerprint density at radius 3 is 3.03 bits per heavy atom. The average molecular weight is 446 g/mol. The third-order valence-corrected chi connectivity index (χ3v) is 8.18. The number of aromatic nitrogens is 2. The van der Waals surface area contributed by atoms with Crippen LogP contribution in [-0.2, 0) is 4.79 Å². The molecule has 0 bridgehead atoms. The van der Waals surface area contributed by atoms with E-state index < -0.39 is 0 Å². The lowest BCUT2D eigenvalue weighted by Crippen LogP contribution is -2.44. The third kappa shape index (κ3) is 4.34. The average Bonchev–Trinajstić information content (AvgIpc) is 3.39. The number of nitrogens with zero attached hydrogens (tertiary/aromatic N) is 1. The summed E-state index contributed by atoms with van der Waals surface area (Å²) in [5.74, 6) is 2.81. The van der Waals surface area contributed by atoms with Gasteiger partial charge in [-0.2, -0.15) is 0 Å². The van der Waals surface area contributed by atoms with Crippen LogP contribution >= 0.6 is 23.1 Å². The summed E-state index contributed by atoms with van der Waals surface area (Å²) in [6, 6.07) is 3.89. The van der Waals surface area contributed by atoms with Crippen LogP contribution < -0.4 is 10.9 Å². The zero-order chi connectivity index (χ0) is 21.3. The van der Waals surface area contributed by atoms with Gasteiger partial charge >= 0.3 is 0 Å². The lowest BCUT2D eigenvalue weighted by molar-refractivity contribution is -0.120. The number of thioether (sulfide) groups is 1. The van der Waals surface area contributed by atoms with Crippen molar-refractivity contribution in [3.63, 3.8) is 0 Å². The van der Waals surface area contributed by atoms with E-state index in [1.54, 1.807) is 12.3 Å². The molecule has 0 aromatic carbocycles. The van der Waals surface area contributed by atoms with Gasteiger partial charge in [-0.25, -0.2) is 4.98 Å². The van der Waals surface area contributed by atoms with Gasteiger partial charge in [-0.3, -0.25) is 9.59 Å². The lowest BCUT2D eigenvalue weighted by atomic mass is 9.78. The summed E-state index contributed by atoms with van der Waals surface area (Å²) in [6.45, 7) is 6.46. The largest absolute Gasteiger partial charge is 0.464 e. The van der Waals surface area contributed by atoms with Crippen molar-refractivity contribution in [3.05, 3.63) is 40.0 Å². The van der Waals surface area contributed by atoms with Crippen LogP contribution in [0.4, 0.5) is 0 Å². The molecule has 30 heavy (non-hydrogen) atoms. The highest BCUT2D eigenvalue weighted by molar-refractivity contribution is 8.00. The van der Waals surface area contributed by atoms with Crippen molar-refractivity contribution >= 4 is 39.2 Å². The number of nitrogens with one attached hydrogen (secondary N) is 2. The molecule has 160 valence electrons. The number of aromatic amines is 1. The smallest absolute Gasteiger partial charge is 0.260 e. The van der Waals surface area contributed by atoms with Gasteiger partial charge in [0.25, 0.3) is 5.56 Å². The molecule has 1 aliphatic rings. The Hall–Kier alpha value is -2.06. The van der Waals surface area contributed by atoms with E-state index in [4.69, 9.17) is 4.42 Å². The van der Waals surface area contributed by atoms with E-state index >= 15 is 0 Å². The maximum Gasteiger partial charge on any atom is 0.260 e. The van der Waals surface area contributed by atoms with E-state index in [0.29, 0.717) is 39.4 Å². The van der Waals surface area contributed by atoms with E-state index in [2.05, 4.69) is 29.1 Å². The van der Waals surface area contributed by atoms with Crippen LogP contribution in [0.3, 0.4) is 0 Å². The van der Waals surface area contributed by atoms with Crippen LogP contribution in [0.15, 0.2) is 33.0 Å². The van der Waals surface area contributed by atoms with Gasteiger partial charge < -0.3 is 14.7 Å². The Morgan fingerprint density at radius 1 is 1.43 bits per heavy atom. The van der Waals surface area contributed by atoms with Gasteiger partial charge in [0.15, 0.2) is 0 Å². The molecule has 4 rings (SSSR count). The number of fused-ring (bicyclic) bond motifs is 1. The molecule has 1 amide bonds. The van der Waals surface area contributed by atoms with Gasteiger partial charge in [0, 0.05) is 17.0 Å². The number of furan rings is 1. The van der Waals surface area contributed by atoms with E-state index in [-0.39, 0.29) is 22.8 Å². The highest BCUT2D eigenvalue weighted by Gasteiger charge is 2.28. The molecule has 0 spiro atoms. The predicted octanol–water partition coefficient (Wildman–Crippen LogP) is 4.98. The highest BCUT2D eigenvalue weighted by Crippen LogP contribution is 2.33. The van der Waals surface area contributed by atoms with Crippen LogP contribution in [-0.4, -0.2) is 27.7 Å². The molecule has 3 heterocycles. The summed E-state index contributed by atoms with van der Waals surface area (Å²) in [5.41, 5.74) is 0.584. The molecule has 8 heteroatoms. The number of thiophene rings is 1. The van der Waals surface area contributed by atoms with Crippen LogP contribution in [0.1, 0.15) is 51.1 Å². The topological polar surface area (TPSA) is 88.0 Å². The number of H-pyrrole nitrogens is 1. The molecule has 4 atom stereocenters. The molecular weight excluding hydrogens is 418 g/mol. The molecule has 1 aliphatic carbocycles. The molecular formula is C22H27N3O3S2. The second-order valence-electron chi connectivity index (χ2n) is 8.15. The molecule has 0 aliphatic heterocycles. The SMILES string of the molecule is CC(SCC(=O)NC1CCCC(C)C1C)c1nc2scc(-c3ccco3)c2c(=O)[nH]1. The molecule has 4 unspecified atom stereocenters. The second kappa shape index (κ2) is 8.98. The molecule has 3 aromatic heterocycles. The number of hydrogen-bond donors (Lipinski definition) is 2. The number of carbonyl (C=O) groups is 1. The summed E-state index contributed by atoms with van der Waals surface area (Å²) >= 11 is 2.92. The van der Waals surface area contributed by atoms with Crippen molar-refractivity contribution in [2.45, 2.75) is 51.3 Å². The number of rotatable bonds is 6. The Labute approximate surface area is 183 Å². The van der Waals surface area contributed by atoms with Crippen molar-refractivity contribution in [1.29, 1.82) is 0 Å².